The summed E-state index contributed by atoms with van der Waals surface area (Å²) in [5, 5.41) is 11.4. The lowest BCUT2D eigenvalue weighted by molar-refractivity contribution is -0.139. The molecule has 1 amide bonds. The summed E-state index contributed by atoms with van der Waals surface area (Å²) in [6.45, 7) is 2.05. The quantitative estimate of drug-likeness (QED) is 0.847. The molecule has 1 aromatic rings. The fourth-order valence-electron chi connectivity index (χ4n) is 2.75. The number of hydrogen-bond acceptors (Lipinski definition) is 3. The number of amides is 1. The second-order valence-electron chi connectivity index (χ2n) is 5.45. The Morgan fingerprint density at radius 2 is 2.26 bits per heavy atom. The molecule has 0 N–H and O–H groups in total. The molecule has 0 bridgehead atoms. The average molecular weight is 276 g/mol. The smallest absolute Gasteiger partial charge is 0.243 e. The number of nitriles is 1. The fraction of sp³-hybridized carbons (Fsp3) is 0.600. The van der Waals surface area contributed by atoms with Gasteiger partial charge in [-0.05, 0) is 31.2 Å². The predicted molar refractivity (Wildman–Crippen MR) is 76.8 cm³/mol. The Morgan fingerprint density at radius 3 is 2.79 bits per heavy atom. The molecule has 0 aliphatic heterocycles. The lowest BCUT2D eigenvalue weighted by atomic mass is 9.86. The molecule has 19 heavy (non-hydrogen) atoms. The number of thiophene rings is 1. The second kappa shape index (κ2) is 5.75. The molecule has 1 saturated carbocycles. The molecule has 1 heterocycles. The van der Waals surface area contributed by atoms with E-state index in [1.807, 2.05) is 13.1 Å². The molecule has 0 saturated heterocycles. The normalized spacial score (nSPS) is 18.8. The van der Waals surface area contributed by atoms with Crippen molar-refractivity contribution in [2.75, 3.05) is 7.05 Å². The third-order valence-corrected chi connectivity index (χ3v) is 5.04. The molecule has 0 radical (unpaired) electrons. The van der Waals surface area contributed by atoms with Crippen molar-refractivity contribution in [1.29, 1.82) is 5.26 Å². The fourth-order valence-corrected chi connectivity index (χ4v) is 3.57. The Balaban J connectivity index is 2.04. The molecule has 3 nitrogen and oxygen atoms in total. The topological polar surface area (TPSA) is 44.1 Å². The Labute approximate surface area is 118 Å². The van der Waals surface area contributed by atoms with Crippen LogP contribution in [0.15, 0.2) is 17.5 Å². The van der Waals surface area contributed by atoms with E-state index in [2.05, 4.69) is 24.4 Å². The second-order valence-corrected chi connectivity index (χ2v) is 6.48. The summed E-state index contributed by atoms with van der Waals surface area (Å²) in [6, 6.07) is 6.54. The van der Waals surface area contributed by atoms with Crippen molar-refractivity contribution in [1.82, 2.24) is 4.90 Å². The van der Waals surface area contributed by atoms with E-state index in [1.54, 1.807) is 16.2 Å². The van der Waals surface area contributed by atoms with Gasteiger partial charge < -0.3 is 4.90 Å². The van der Waals surface area contributed by atoms with Crippen LogP contribution in [-0.4, -0.2) is 23.9 Å². The van der Waals surface area contributed by atoms with Crippen LogP contribution in [0.25, 0.3) is 0 Å². The zero-order valence-corrected chi connectivity index (χ0v) is 12.4. The maximum Gasteiger partial charge on any atom is 0.243 e. The van der Waals surface area contributed by atoms with Gasteiger partial charge in [0.15, 0.2) is 0 Å². The van der Waals surface area contributed by atoms with Crippen molar-refractivity contribution in [3.8, 4) is 6.07 Å². The Kier molecular flexibility index (Phi) is 4.26. The summed E-state index contributed by atoms with van der Waals surface area (Å²) in [5.41, 5.74) is -0.752. The van der Waals surface area contributed by atoms with Crippen LogP contribution in [0, 0.1) is 16.7 Å². The third-order valence-electron chi connectivity index (χ3n) is 4.14. The first kappa shape index (κ1) is 14.1. The third kappa shape index (κ3) is 2.82. The lowest BCUT2D eigenvalue weighted by Gasteiger charge is -2.31. The van der Waals surface area contributed by atoms with Crippen LogP contribution in [-0.2, 0) is 11.2 Å². The van der Waals surface area contributed by atoms with E-state index >= 15 is 0 Å². The number of likely N-dealkylation sites (N-methyl/N-ethyl adjacent to an activating group) is 1. The number of rotatable bonds is 4. The Hall–Kier alpha value is -1.34. The molecule has 4 heteroatoms. The van der Waals surface area contributed by atoms with E-state index < -0.39 is 5.41 Å². The van der Waals surface area contributed by atoms with Crippen molar-refractivity contribution in [3.63, 3.8) is 0 Å². The first-order valence-electron chi connectivity index (χ1n) is 6.80. The molecule has 1 aliphatic carbocycles. The molecule has 1 unspecified atom stereocenters. The lowest BCUT2D eigenvalue weighted by Crippen LogP contribution is -2.44. The van der Waals surface area contributed by atoms with Gasteiger partial charge in [0.25, 0.3) is 0 Å². The van der Waals surface area contributed by atoms with Gasteiger partial charge in [0, 0.05) is 24.4 Å². The van der Waals surface area contributed by atoms with Gasteiger partial charge >= 0.3 is 0 Å². The predicted octanol–water partition coefficient (Wildman–Crippen LogP) is 3.22. The molecule has 102 valence electrons. The van der Waals surface area contributed by atoms with Gasteiger partial charge in [-0.15, -0.1) is 11.3 Å². The van der Waals surface area contributed by atoms with Crippen LogP contribution >= 0.6 is 11.3 Å². The number of carbonyl (C=O) groups is 1. The monoisotopic (exact) mass is 276 g/mol. The minimum atomic E-state index is -0.752. The highest BCUT2D eigenvalue weighted by Crippen LogP contribution is 2.39. The van der Waals surface area contributed by atoms with E-state index in [0.717, 1.165) is 32.1 Å². The Morgan fingerprint density at radius 1 is 1.58 bits per heavy atom. The maximum absolute atomic E-state index is 12.6. The van der Waals surface area contributed by atoms with E-state index in [4.69, 9.17) is 0 Å². The summed E-state index contributed by atoms with van der Waals surface area (Å²) >= 11 is 1.71. The van der Waals surface area contributed by atoms with E-state index in [-0.39, 0.29) is 11.9 Å². The van der Waals surface area contributed by atoms with Crippen LogP contribution in [0.3, 0.4) is 0 Å². The van der Waals surface area contributed by atoms with Crippen molar-refractivity contribution >= 4 is 17.2 Å². The van der Waals surface area contributed by atoms with Gasteiger partial charge in [0.1, 0.15) is 5.41 Å². The van der Waals surface area contributed by atoms with Crippen molar-refractivity contribution in [3.05, 3.63) is 22.4 Å². The summed E-state index contributed by atoms with van der Waals surface area (Å²) in [4.78, 5) is 15.6. The zero-order chi connectivity index (χ0) is 13.9. The van der Waals surface area contributed by atoms with Crippen molar-refractivity contribution in [2.24, 2.45) is 5.41 Å². The van der Waals surface area contributed by atoms with Crippen LogP contribution < -0.4 is 0 Å². The van der Waals surface area contributed by atoms with Crippen LogP contribution in [0.1, 0.15) is 37.5 Å². The van der Waals surface area contributed by atoms with E-state index in [0.29, 0.717) is 0 Å². The van der Waals surface area contributed by atoms with Crippen LogP contribution in [0.2, 0.25) is 0 Å². The summed E-state index contributed by atoms with van der Waals surface area (Å²) in [5.74, 6) is 0.0107. The Bertz CT molecular complexity index is 469. The SMILES string of the molecule is CC(Cc1cccs1)N(C)C(=O)C1(C#N)CCCC1. The maximum atomic E-state index is 12.6. The molecule has 1 aliphatic rings. The molecule has 0 aromatic carbocycles. The molecular weight excluding hydrogens is 256 g/mol. The van der Waals surface area contributed by atoms with Crippen molar-refractivity contribution in [2.45, 2.75) is 45.1 Å². The largest absolute Gasteiger partial charge is 0.341 e. The minimum absolute atomic E-state index is 0.0107. The summed E-state index contributed by atoms with van der Waals surface area (Å²) in [7, 11) is 1.83. The number of nitrogens with zero attached hydrogens (tertiary/aromatic N) is 2. The molecule has 1 atom stereocenters. The minimum Gasteiger partial charge on any atom is -0.341 e. The first-order valence-corrected chi connectivity index (χ1v) is 7.68. The van der Waals surface area contributed by atoms with Crippen LogP contribution in [0.4, 0.5) is 0 Å². The van der Waals surface area contributed by atoms with Gasteiger partial charge in [-0.1, -0.05) is 18.9 Å². The standard InChI is InChI=1S/C15H20N2OS/c1-12(10-13-6-5-9-19-13)17(2)14(18)15(11-16)7-3-4-8-15/h5-6,9,12H,3-4,7-8,10H2,1-2H3. The molecule has 1 fully saturated rings. The first-order chi connectivity index (χ1) is 9.09. The van der Waals surface area contributed by atoms with Crippen LogP contribution in [0.5, 0.6) is 0 Å². The van der Waals surface area contributed by atoms with E-state index in [9.17, 15) is 10.1 Å². The molecule has 0 spiro atoms. The molecular formula is C15H20N2OS. The van der Waals surface area contributed by atoms with Gasteiger partial charge in [-0.3, -0.25) is 4.79 Å². The summed E-state index contributed by atoms with van der Waals surface area (Å²) in [6.07, 6.45) is 4.29. The molecule has 2 rings (SSSR count). The van der Waals surface area contributed by atoms with Gasteiger partial charge in [0.2, 0.25) is 5.91 Å². The highest BCUT2D eigenvalue weighted by molar-refractivity contribution is 7.09. The zero-order valence-electron chi connectivity index (χ0n) is 11.6. The van der Waals surface area contributed by atoms with Gasteiger partial charge in [0.05, 0.1) is 6.07 Å². The summed E-state index contributed by atoms with van der Waals surface area (Å²) < 4.78 is 0. The number of carbonyl (C=O) groups excluding carboxylic acids is 1. The number of hydrogen-bond donors (Lipinski definition) is 0. The highest BCUT2D eigenvalue weighted by Gasteiger charge is 2.43. The van der Waals surface area contributed by atoms with Gasteiger partial charge in [-0.2, -0.15) is 5.26 Å². The molecule has 1 aromatic heterocycles. The highest BCUT2D eigenvalue weighted by atomic mass is 32.1. The van der Waals surface area contributed by atoms with Gasteiger partial charge in [-0.25, -0.2) is 0 Å². The van der Waals surface area contributed by atoms with Crippen molar-refractivity contribution < 1.29 is 4.79 Å². The van der Waals surface area contributed by atoms with E-state index in [1.165, 1.54) is 4.88 Å². The average Bonchev–Trinajstić information content (AvgIpc) is 3.08.